The molecular weight excluding hydrogens is 258 g/mol. The molecule has 1 heterocycles. The van der Waals surface area contributed by atoms with Crippen LogP contribution in [0.25, 0.3) is 0 Å². The molecule has 0 aliphatic carbocycles. The van der Waals surface area contributed by atoms with E-state index in [0.29, 0.717) is 6.61 Å². The minimum absolute atomic E-state index is 0.00898. The van der Waals surface area contributed by atoms with Crippen molar-refractivity contribution in [2.75, 3.05) is 6.61 Å². The molecule has 1 aliphatic rings. The minimum atomic E-state index is -0.820. The number of nitriles is 2. The zero-order valence-electron chi connectivity index (χ0n) is 10.7. The van der Waals surface area contributed by atoms with Crippen LogP contribution in [0.3, 0.4) is 0 Å². The molecule has 0 amide bonds. The van der Waals surface area contributed by atoms with Crippen molar-refractivity contribution in [2.45, 2.75) is 24.9 Å². The maximum Gasteiger partial charge on any atom is 0.269 e. The van der Waals surface area contributed by atoms with Gasteiger partial charge in [-0.05, 0) is 18.4 Å². The molecule has 6 nitrogen and oxygen atoms in total. The average molecular weight is 271 g/mol. The highest BCUT2D eigenvalue weighted by Gasteiger charge is 2.34. The molecule has 1 aromatic rings. The molecule has 0 radical (unpaired) electrons. The smallest absolute Gasteiger partial charge is 0.269 e. The second kappa shape index (κ2) is 6.14. The maximum atomic E-state index is 10.7. The molecule has 20 heavy (non-hydrogen) atoms. The van der Waals surface area contributed by atoms with Crippen molar-refractivity contribution in [3.05, 3.63) is 39.9 Å². The molecular formula is C14H13N3O3. The fourth-order valence-corrected chi connectivity index (χ4v) is 2.52. The van der Waals surface area contributed by atoms with Crippen molar-refractivity contribution < 1.29 is 9.66 Å². The molecule has 102 valence electrons. The topological polar surface area (TPSA) is 100.0 Å². The number of hydrogen-bond acceptors (Lipinski definition) is 5. The van der Waals surface area contributed by atoms with E-state index in [1.54, 1.807) is 12.1 Å². The number of nitro benzene ring substituents is 1. The fraction of sp³-hybridized carbons (Fsp3) is 0.429. The SMILES string of the molecule is N#CC(C#N)[C@@H](c1ccc([N+](=O)[O-])cc1)C1CCCO1. The van der Waals surface area contributed by atoms with Crippen LogP contribution in [0.2, 0.25) is 0 Å². The van der Waals surface area contributed by atoms with Gasteiger partial charge in [-0.1, -0.05) is 12.1 Å². The Morgan fingerprint density at radius 2 is 1.95 bits per heavy atom. The normalized spacial score (nSPS) is 19.2. The van der Waals surface area contributed by atoms with Crippen LogP contribution in [0.15, 0.2) is 24.3 Å². The highest BCUT2D eigenvalue weighted by Crippen LogP contribution is 2.35. The van der Waals surface area contributed by atoms with Gasteiger partial charge in [0.1, 0.15) is 5.92 Å². The average Bonchev–Trinajstić information content (AvgIpc) is 2.98. The van der Waals surface area contributed by atoms with Crippen LogP contribution in [0.4, 0.5) is 5.69 Å². The highest BCUT2D eigenvalue weighted by molar-refractivity contribution is 5.36. The van der Waals surface area contributed by atoms with Crippen molar-refractivity contribution in [1.29, 1.82) is 10.5 Å². The van der Waals surface area contributed by atoms with Crippen LogP contribution in [-0.4, -0.2) is 17.6 Å². The van der Waals surface area contributed by atoms with Crippen molar-refractivity contribution >= 4 is 5.69 Å². The number of non-ortho nitro benzene ring substituents is 1. The molecule has 0 N–H and O–H groups in total. The molecule has 1 saturated heterocycles. The van der Waals surface area contributed by atoms with Gasteiger partial charge in [-0.2, -0.15) is 10.5 Å². The summed E-state index contributed by atoms with van der Waals surface area (Å²) in [7, 11) is 0. The molecule has 0 saturated carbocycles. The molecule has 0 aromatic heterocycles. The van der Waals surface area contributed by atoms with Gasteiger partial charge in [0.25, 0.3) is 5.69 Å². The number of ether oxygens (including phenoxy) is 1. The predicted molar refractivity (Wildman–Crippen MR) is 69.5 cm³/mol. The molecule has 1 aliphatic heterocycles. The lowest BCUT2D eigenvalue weighted by atomic mass is 9.82. The van der Waals surface area contributed by atoms with Gasteiger partial charge in [0, 0.05) is 24.7 Å². The number of rotatable bonds is 4. The van der Waals surface area contributed by atoms with Gasteiger partial charge in [-0.15, -0.1) is 0 Å². The molecule has 1 aromatic carbocycles. The van der Waals surface area contributed by atoms with E-state index in [9.17, 15) is 10.1 Å². The third-order valence-corrected chi connectivity index (χ3v) is 3.49. The number of hydrogen-bond donors (Lipinski definition) is 0. The van der Waals surface area contributed by atoms with Crippen molar-refractivity contribution in [2.24, 2.45) is 5.92 Å². The van der Waals surface area contributed by atoms with E-state index in [1.165, 1.54) is 12.1 Å². The monoisotopic (exact) mass is 271 g/mol. The zero-order valence-corrected chi connectivity index (χ0v) is 10.7. The Kier molecular flexibility index (Phi) is 4.29. The first-order chi connectivity index (χ1) is 9.67. The Labute approximate surface area is 116 Å². The first-order valence-corrected chi connectivity index (χ1v) is 6.32. The van der Waals surface area contributed by atoms with E-state index in [4.69, 9.17) is 15.3 Å². The lowest BCUT2D eigenvalue weighted by Gasteiger charge is -2.23. The summed E-state index contributed by atoms with van der Waals surface area (Å²) in [5.74, 6) is -1.19. The third kappa shape index (κ3) is 2.76. The summed E-state index contributed by atoms with van der Waals surface area (Å²) in [5.41, 5.74) is 0.723. The van der Waals surface area contributed by atoms with Crippen molar-refractivity contribution in [3.8, 4) is 12.1 Å². The van der Waals surface area contributed by atoms with Gasteiger partial charge in [-0.3, -0.25) is 10.1 Å². The summed E-state index contributed by atoms with van der Waals surface area (Å²) < 4.78 is 5.60. The van der Waals surface area contributed by atoms with E-state index in [0.717, 1.165) is 18.4 Å². The van der Waals surface area contributed by atoms with Gasteiger partial charge in [0.15, 0.2) is 0 Å². The first-order valence-electron chi connectivity index (χ1n) is 6.32. The van der Waals surface area contributed by atoms with Gasteiger partial charge in [-0.25, -0.2) is 0 Å². The second-order valence-corrected chi connectivity index (χ2v) is 4.66. The van der Waals surface area contributed by atoms with Crippen LogP contribution in [0.5, 0.6) is 0 Å². The largest absolute Gasteiger partial charge is 0.377 e. The van der Waals surface area contributed by atoms with E-state index in [1.807, 2.05) is 12.1 Å². The van der Waals surface area contributed by atoms with Crippen molar-refractivity contribution in [1.82, 2.24) is 0 Å². The molecule has 2 rings (SSSR count). The third-order valence-electron chi connectivity index (χ3n) is 3.49. The minimum Gasteiger partial charge on any atom is -0.377 e. The first kappa shape index (κ1) is 14.0. The van der Waals surface area contributed by atoms with Gasteiger partial charge >= 0.3 is 0 Å². The van der Waals surface area contributed by atoms with Crippen molar-refractivity contribution in [3.63, 3.8) is 0 Å². The Balaban J connectivity index is 2.33. The molecule has 0 bridgehead atoms. The van der Waals surface area contributed by atoms with E-state index >= 15 is 0 Å². The maximum absolute atomic E-state index is 10.7. The lowest BCUT2D eigenvalue weighted by molar-refractivity contribution is -0.384. The van der Waals surface area contributed by atoms with E-state index < -0.39 is 10.8 Å². The van der Waals surface area contributed by atoms with Crippen LogP contribution in [0.1, 0.15) is 24.3 Å². The molecule has 0 spiro atoms. The predicted octanol–water partition coefficient (Wildman–Crippen LogP) is 2.52. The van der Waals surface area contributed by atoms with Crippen LogP contribution < -0.4 is 0 Å². The van der Waals surface area contributed by atoms with Crippen LogP contribution in [-0.2, 0) is 4.74 Å². The van der Waals surface area contributed by atoms with Gasteiger partial charge < -0.3 is 4.74 Å². The molecule has 6 heteroatoms. The lowest BCUT2D eigenvalue weighted by Crippen LogP contribution is -2.24. The Bertz CT molecular complexity index is 551. The van der Waals surface area contributed by atoms with Crippen LogP contribution >= 0.6 is 0 Å². The van der Waals surface area contributed by atoms with Gasteiger partial charge in [0.2, 0.25) is 0 Å². The second-order valence-electron chi connectivity index (χ2n) is 4.66. The molecule has 1 unspecified atom stereocenters. The van der Waals surface area contributed by atoms with Crippen LogP contribution in [0, 0.1) is 38.7 Å². The number of nitrogens with zero attached hydrogens (tertiary/aromatic N) is 3. The summed E-state index contributed by atoms with van der Waals surface area (Å²) in [4.78, 5) is 10.2. The standard InChI is InChI=1S/C14H13N3O3/c15-8-11(9-16)14(13-2-1-7-20-13)10-3-5-12(6-4-10)17(18)19/h3-6,11,13-14H,1-2,7H2/t13?,14-/m1/s1. The quantitative estimate of drug-likeness (QED) is 0.618. The summed E-state index contributed by atoms with van der Waals surface area (Å²) >= 11 is 0. The Morgan fingerprint density at radius 1 is 1.30 bits per heavy atom. The molecule has 2 atom stereocenters. The summed E-state index contributed by atoms with van der Waals surface area (Å²) in [6, 6.07) is 9.97. The Hall–Kier alpha value is -2.44. The number of nitro groups is 1. The highest BCUT2D eigenvalue weighted by atomic mass is 16.6. The van der Waals surface area contributed by atoms with E-state index in [2.05, 4.69) is 0 Å². The summed E-state index contributed by atoms with van der Waals surface area (Å²) in [6.45, 7) is 0.623. The number of benzene rings is 1. The fourth-order valence-electron chi connectivity index (χ4n) is 2.52. The summed E-state index contributed by atoms with van der Waals surface area (Å²) in [6.07, 6.45) is 1.51. The molecule has 1 fully saturated rings. The van der Waals surface area contributed by atoms with Gasteiger partial charge in [0.05, 0.1) is 23.2 Å². The summed E-state index contributed by atoms with van der Waals surface area (Å²) in [5, 5.41) is 28.9. The Morgan fingerprint density at radius 3 is 2.40 bits per heavy atom. The zero-order chi connectivity index (χ0) is 14.5. The van der Waals surface area contributed by atoms with E-state index in [-0.39, 0.29) is 17.7 Å².